The molecular formula is C17H28N4O4S2. The molecule has 8 nitrogen and oxygen atoms in total. The van der Waals surface area contributed by atoms with Gasteiger partial charge in [0, 0.05) is 26.2 Å². The van der Waals surface area contributed by atoms with Gasteiger partial charge in [-0.25, -0.2) is 13.1 Å². The van der Waals surface area contributed by atoms with Gasteiger partial charge in [-0.1, -0.05) is 6.07 Å². The topological polar surface area (TPSA) is 109 Å². The van der Waals surface area contributed by atoms with Crippen molar-refractivity contribution in [1.82, 2.24) is 15.4 Å². The Morgan fingerprint density at radius 1 is 1.30 bits per heavy atom. The smallest absolute Gasteiger partial charge is 0.308 e. The van der Waals surface area contributed by atoms with Gasteiger partial charge in [0.25, 0.3) is 0 Å². The van der Waals surface area contributed by atoms with Crippen molar-refractivity contribution in [3.63, 3.8) is 0 Å². The summed E-state index contributed by atoms with van der Waals surface area (Å²) < 4.78 is 32.0. The highest BCUT2D eigenvalue weighted by Gasteiger charge is 2.27. The number of aliphatic imine (C=N–C) groups is 1. The molecule has 0 saturated heterocycles. The fourth-order valence-corrected chi connectivity index (χ4v) is 5.04. The number of carbonyl (C=O) groups excluding carboxylic acids is 1. The Morgan fingerprint density at radius 2 is 2.04 bits per heavy atom. The van der Waals surface area contributed by atoms with Gasteiger partial charge in [0.2, 0.25) is 10.0 Å². The third kappa shape index (κ3) is 6.78. The van der Waals surface area contributed by atoms with E-state index in [1.807, 2.05) is 6.92 Å². The van der Waals surface area contributed by atoms with Crippen LogP contribution in [0.25, 0.3) is 0 Å². The number of thiophene rings is 1. The van der Waals surface area contributed by atoms with Crippen LogP contribution in [0.3, 0.4) is 0 Å². The third-order valence-electron chi connectivity index (χ3n) is 4.38. The van der Waals surface area contributed by atoms with Gasteiger partial charge in [0.1, 0.15) is 4.21 Å². The molecule has 152 valence electrons. The lowest BCUT2D eigenvalue weighted by molar-refractivity contribution is -0.149. The van der Waals surface area contributed by atoms with E-state index in [-0.39, 0.29) is 24.5 Å². The summed E-state index contributed by atoms with van der Waals surface area (Å²) in [6, 6.07) is 3.53. The maximum absolute atomic E-state index is 12.0. The van der Waals surface area contributed by atoms with Gasteiger partial charge in [0.15, 0.2) is 5.96 Å². The molecule has 0 aromatic carbocycles. The normalized spacial score (nSPS) is 20.9. The first-order valence-corrected chi connectivity index (χ1v) is 11.5. The maximum atomic E-state index is 12.0. The van der Waals surface area contributed by atoms with Gasteiger partial charge in [-0.05, 0) is 44.1 Å². The van der Waals surface area contributed by atoms with Gasteiger partial charge in [-0.2, -0.15) is 0 Å². The van der Waals surface area contributed by atoms with Crippen LogP contribution >= 0.6 is 11.3 Å². The predicted molar refractivity (Wildman–Crippen MR) is 106 cm³/mol. The molecule has 0 radical (unpaired) electrons. The van der Waals surface area contributed by atoms with E-state index in [4.69, 9.17) is 4.74 Å². The minimum Gasteiger partial charge on any atom is -0.466 e. The van der Waals surface area contributed by atoms with Crippen molar-refractivity contribution in [2.75, 3.05) is 26.7 Å². The second-order valence-electron chi connectivity index (χ2n) is 6.27. The molecule has 0 amide bonds. The minimum absolute atomic E-state index is 0.00960. The Morgan fingerprint density at radius 3 is 2.63 bits per heavy atom. The molecule has 0 bridgehead atoms. The van der Waals surface area contributed by atoms with E-state index in [1.54, 1.807) is 24.6 Å². The second kappa shape index (κ2) is 10.6. The first kappa shape index (κ1) is 21.6. The Kier molecular flexibility index (Phi) is 8.52. The molecule has 3 N–H and O–H groups in total. The van der Waals surface area contributed by atoms with E-state index < -0.39 is 10.0 Å². The highest BCUT2D eigenvalue weighted by molar-refractivity contribution is 7.91. The minimum atomic E-state index is -3.44. The quantitative estimate of drug-likeness (QED) is 0.255. The summed E-state index contributed by atoms with van der Waals surface area (Å²) in [5.41, 5.74) is 0. The Labute approximate surface area is 164 Å². The standard InChI is InChI=1S/C17H28N4O4S2/c1-3-25-16(22)13-6-8-14(9-7-13)21-17(18-2)19-10-11-20-27(23,24)15-5-4-12-26-15/h4-5,12-14,20H,3,6-11H2,1-2H3,(H2,18,19,21). The van der Waals surface area contributed by atoms with E-state index in [2.05, 4.69) is 20.3 Å². The van der Waals surface area contributed by atoms with Gasteiger partial charge in [-0.3, -0.25) is 9.79 Å². The zero-order valence-corrected chi connectivity index (χ0v) is 17.4. The first-order valence-electron chi connectivity index (χ1n) is 9.13. The van der Waals surface area contributed by atoms with Crippen LogP contribution in [-0.2, 0) is 19.6 Å². The van der Waals surface area contributed by atoms with Crippen LogP contribution in [0, 0.1) is 5.92 Å². The third-order valence-corrected chi connectivity index (χ3v) is 7.24. The fraction of sp³-hybridized carbons (Fsp3) is 0.647. The lowest BCUT2D eigenvalue weighted by atomic mass is 9.86. The van der Waals surface area contributed by atoms with E-state index in [1.165, 1.54) is 11.3 Å². The summed E-state index contributed by atoms with van der Waals surface area (Å²) in [7, 11) is -1.77. The van der Waals surface area contributed by atoms with E-state index in [0.29, 0.717) is 23.3 Å². The summed E-state index contributed by atoms with van der Waals surface area (Å²) in [6.45, 7) is 2.92. The largest absolute Gasteiger partial charge is 0.466 e. The van der Waals surface area contributed by atoms with Crippen molar-refractivity contribution in [2.45, 2.75) is 42.9 Å². The average Bonchev–Trinajstić information content (AvgIpc) is 3.20. The number of ether oxygens (including phenoxy) is 1. The van der Waals surface area contributed by atoms with Crippen molar-refractivity contribution in [2.24, 2.45) is 10.9 Å². The number of nitrogens with one attached hydrogen (secondary N) is 3. The number of carbonyl (C=O) groups is 1. The van der Waals surface area contributed by atoms with E-state index in [9.17, 15) is 13.2 Å². The Balaban J connectivity index is 1.69. The number of hydrogen-bond acceptors (Lipinski definition) is 6. The molecule has 0 atom stereocenters. The van der Waals surface area contributed by atoms with Crippen molar-refractivity contribution in [3.05, 3.63) is 17.5 Å². The molecular weight excluding hydrogens is 388 g/mol. The van der Waals surface area contributed by atoms with Gasteiger partial charge in [0.05, 0.1) is 12.5 Å². The summed E-state index contributed by atoms with van der Waals surface area (Å²) >= 11 is 1.19. The van der Waals surface area contributed by atoms with Gasteiger partial charge < -0.3 is 15.4 Å². The molecule has 0 unspecified atom stereocenters. The van der Waals surface area contributed by atoms with Crippen molar-refractivity contribution in [1.29, 1.82) is 0 Å². The lowest BCUT2D eigenvalue weighted by Crippen LogP contribution is -2.47. The Bertz CT molecular complexity index is 711. The molecule has 1 fully saturated rings. The number of hydrogen-bond donors (Lipinski definition) is 3. The monoisotopic (exact) mass is 416 g/mol. The summed E-state index contributed by atoms with van der Waals surface area (Å²) in [6.07, 6.45) is 3.34. The maximum Gasteiger partial charge on any atom is 0.308 e. The van der Waals surface area contributed by atoms with Gasteiger partial charge >= 0.3 is 5.97 Å². The molecule has 1 aliphatic carbocycles. The highest BCUT2D eigenvalue weighted by atomic mass is 32.2. The molecule has 1 aromatic rings. The number of guanidine groups is 1. The van der Waals surface area contributed by atoms with Crippen molar-refractivity contribution < 1.29 is 17.9 Å². The van der Waals surface area contributed by atoms with Crippen LogP contribution in [-0.4, -0.2) is 53.1 Å². The van der Waals surface area contributed by atoms with Crippen molar-refractivity contribution in [3.8, 4) is 0 Å². The number of sulfonamides is 1. The van der Waals surface area contributed by atoms with Crippen LogP contribution in [0.4, 0.5) is 0 Å². The van der Waals surface area contributed by atoms with Crippen LogP contribution < -0.4 is 15.4 Å². The van der Waals surface area contributed by atoms with Gasteiger partial charge in [-0.15, -0.1) is 11.3 Å². The van der Waals surface area contributed by atoms with Crippen LogP contribution in [0.5, 0.6) is 0 Å². The molecule has 27 heavy (non-hydrogen) atoms. The summed E-state index contributed by atoms with van der Waals surface area (Å²) in [5, 5.41) is 8.18. The number of nitrogens with zero attached hydrogens (tertiary/aromatic N) is 1. The summed E-state index contributed by atoms with van der Waals surface area (Å²) in [5.74, 6) is 0.519. The number of rotatable bonds is 8. The average molecular weight is 417 g/mol. The molecule has 0 aliphatic heterocycles. The zero-order chi connectivity index (χ0) is 19.7. The zero-order valence-electron chi connectivity index (χ0n) is 15.7. The van der Waals surface area contributed by atoms with E-state index >= 15 is 0 Å². The molecule has 1 heterocycles. The second-order valence-corrected chi connectivity index (χ2v) is 9.22. The van der Waals surface area contributed by atoms with Crippen LogP contribution in [0.1, 0.15) is 32.6 Å². The predicted octanol–water partition coefficient (Wildman–Crippen LogP) is 1.31. The molecule has 10 heteroatoms. The first-order chi connectivity index (χ1) is 13.0. The Hall–Kier alpha value is -1.65. The fourth-order valence-electron chi connectivity index (χ4n) is 2.98. The molecule has 2 rings (SSSR count). The summed E-state index contributed by atoms with van der Waals surface area (Å²) in [4.78, 5) is 16.0. The molecule has 1 aliphatic rings. The SMILES string of the molecule is CCOC(=O)C1CCC(NC(=NC)NCCNS(=O)(=O)c2cccs2)CC1. The van der Waals surface area contributed by atoms with Crippen LogP contribution in [0.2, 0.25) is 0 Å². The number of esters is 1. The highest BCUT2D eigenvalue weighted by Crippen LogP contribution is 2.25. The van der Waals surface area contributed by atoms with Crippen molar-refractivity contribution >= 4 is 33.3 Å². The molecule has 1 saturated carbocycles. The molecule has 1 aromatic heterocycles. The van der Waals surface area contributed by atoms with E-state index in [0.717, 1.165) is 25.7 Å². The lowest BCUT2D eigenvalue weighted by Gasteiger charge is -2.29. The van der Waals surface area contributed by atoms with Crippen LogP contribution in [0.15, 0.2) is 26.7 Å². The molecule has 0 spiro atoms.